The van der Waals surface area contributed by atoms with Gasteiger partial charge in [0.25, 0.3) is 5.91 Å². The first-order valence-electron chi connectivity index (χ1n) is 9.31. The molecule has 26 heavy (non-hydrogen) atoms. The average Bonchev–Trinajstić information content (AvgIpc) is 2.62. The van der Waals surface area contributed by atoms with Crippen molar-refractivity contribution in [3.05, 3.63) is 53.6 Å². The number of aryl methyl sites for hydroxylation is 2. The van der Waals surface area contributed by atoms with Gasteiger partial charge in [-0.3, -0.25) is 4.79 Å². The minimum atomic E-state index is -0.182. The zero-order chi connectivity index (χ0) is 18.8. The molecule has 0 fully saturated rings. The lowest BCUT2D eigenvalue weighted by Crippen LogP contribution is -2.20. The van der Waals surface area contributed by atoms with E-state index in [9.17, 15) is 4.79 Å². The number of ether oxygens (including phenoxy) is 2. The van der Waals surface area contributed by atoms with Gasteiger partial charge in [-0.15, -0.1) is 0 Å². The van der Waals surface area contributed by atoms with Crippen LogP contribution >= 0.6 is 0 Å². The molecule has 0 unspecified atom stereocenters. The number of nitrogens with one attached hydrogen (secondary N) is 1. The summed E-state index contributed by atoms with van der Waals surface area (Å²) >= 11 is 0. The van der Waals surface area contributed by atoms with Crippen LogP contribution in [0, 0.1) is 13.8 Å². The van der Waals surface area contributed by atoms with Gasteiger partial charge in [0, 0.05) is 5.69 Å². The van der Waals surface area contributed by atoms with Gasteiger partial charge in [0.1, 0.15) is 11.5 Å². The lowest BCUT2D eigenvalue weighted by Gasteiger charge is -2.11. The van der Waals surface area contributed by atoms with E-state index in [-0.39, 0.29) is 12.5 Å². The third-order valence-corrected chi connectivity index (χ3v) is 4.09. The molecule has 2 aromatic carbocycles. The van der Waals surface area contributed by atoms with E-state index in [0.717, 1.165) is 35.8 Å². The van der Waals surface area contributed by atoms with Crippen LogP contribution < -0.4 is 14.8 Å². The van der Waals surface area contributed by atoms with Crippen molar-refractivity contribution in [2.24, 2.45) is 0 Å². The fourth-order valence-corrected chi connectivity index (χ4v) is 2.65. The predicted octanol–water partition coefficient (Wildman–Crippen LogP) is 5.28. The number of carbonyl (C=O) groups is 1. The second-order valence-electron chi connectivity index (χ2n) is 6.54. The van der Waals surface area contributed by atoms with Crippen LogP contribution in [0.1, 0.15) is 43.7 Å². The van der Waals surface area contributed by atoms with Crippen molar-refractivity contribution in [1.82, 2.24) is 0 Å². The van der Waals surface area contributed by atoms with Crippen LogP contribution in [0.25, 0.3) is 0 Å². The van der Waals surface area contributed by atoms with Crippen molar-refractivity contribution in [2.45, 2.75) is 46.5 Å². The largest absolute Gasteiger partial charge is 0.494 e. The van der Waals surface area contributed by atoms with E-state index in [2.05, 4.69) is 12.2 Å². The number of rotatable bonds is 10. The van der Waals surface area contributed by atoms with E-state index in [0.29, 0.717) is 0 Å². The van der Waals surface area contributed by atoms with Crippen LogP contribution in [0.15, 0.2) is 42.5 Å². The Kier molecular flexibility index (Phi) is 8.00. The van der Waals surface area contributed by atoms with Crippen LogP contribution in [0.4, 0.5) is 5.69 Å². The lowest BCUT2D eigenvalue weighted by atomic mass is 10.1. The van der Waals surface area contributed by atoms with Gasteiger partial charge in [-0.2, -0.15) is 0 Å². The van der Waals surface area contributed by atoms with Crippen LogP contribution in [0.3, 0.4) is 0 Å². The van der Waals surface area contributed by atoms with Gasteiger partial charge < -0.3 is 14.8 Å². The Balaban J connectivity index is 1.74. The normalized spacial score (nSPS) is 10.4. The van der Waals surface area contributed by atoms with Gasteiger partial charge in [0.15, 0.2) is 6.61 Å². The molecule has 0 aliphatic rings. The highest BCUT2D eigenvalue weighted by atomic mass is 16.5. The highest BCUT2D eigenvalue weighted by molar-refractivity contribution is 5.91. The van der Waals surface area contributed by atoms with Gasteiger partial charge in [-0.05, 0) is 56.2 Å². The molecule has 1 amide bonds. The van der Waals surface area contributed by atoms with E-state index in [1.165, 1.54) is 24.8 Å². The number of unbranched alkanes of at least 4 members (excludes halogenated alkanes) is 3. The number of hydrogen-bond donors (Lipinski definition) is 1. The minimum Gasteiger partial charge on any atom is -0.494 e. The first-order valence-corrected chi connectivity index (χ1v) is 9.31. The Bertz CT molecular complexity index is 695. The molecule has 0 atom stereocenters. The number of benzene rings is 2. The van der Waals surface area contributed by atoms with E-state index < -0.39 is 0 Å². The van der Waals surface area contributed by atoms with E-state index in [1.807, 2.05) is 56.3 Å². The summed E-state index contributed by atoms with van der Waals surface area (Å²) in [5.41, 5.74) is 2.93. The summed E-state index contributed by atoms with van der Waals surface area (Å²) in [6.45, 7) is 6.92. The van der Waals surface area contributed by atoms with Crippen LogP contribution in [-0.2, 0) is 4.79 Å². The Labute approximate surface area is 156 Å². The Morgan fingerprint density at radius 2 is 1.73 bits per heavy atom. The molecule has 0 radical (unpaired) electrons. The summed E-state index contributed by atoms with van der Waals surface area (Å²) < 4.78 is 11.3. The van der Waals surface area contributed by atoms with Crippen LogP contribution in [-0.4, -0.2) is 19.1 Å². The van der Waals surface area contributed by atoms with Crippen molar-refractivity contribution >= 4 is 11.6 Å². The molecule has 1 N–H and O–H groups in total. The standard InChI is InChI=1S/C22H29NO3/c1-4-5-6-7-14-25-20-11-9-19(10-12-20)23-22(24)16-26-21-13-8-17(2)15-18(21)3/h8-13,15H,4-7,14,16H2,1-3H3,(H,23,24). The smallest absolute Gasteiger partial charge is 0.262 e. The van der Waals surface area contributed by atoms with Crippen molar-refractivity contribution < 1.29 is 14.3 Å². The maximum absolute atomic E-state index is 12.1. The fourth-order valence-electron chi connectivity index (χ4n) is 2.65. The molecule has 0 aromatic heterocycles. The summed E-state index contributed by atoms with van der Waals surface area (Å²) in [5, 5.41) is 2.83. The van der Waals surface area contributed by atoms with Gasteiger partial charge in [-0.1, -0.05) is 43.9 Å². The zero-order valence-electron chi connectivity index (χ0n) is 16.0. The van der Waals surface area contributed by atoms with Gasteiger partial charge in [0.2, 0.25) is 0 Å². The van der Waals surface area contributed by atoms with E-state index >= 15 is 0 Å². The van der Waals surface area contributed by atoms with Gasteiger partial charge in [-0.25, -0.2) is 0 Å². The van der Waals surface area contributed by atoms with Crippen molar-refractivity contribution in [3.63, 3.8) is 0 Å². The second kappa shape index (κ2) is 10.5. The van der Waals surface area contributed by atoms with E-state index in [1.54, 1.807) is 0 Å². The molecule has 0 bridgehead atoms. The van der Waals surface area contributed by atoms with Gasteiger partial charge >= 0.3 is 0 Å². The summed E-state index contributed by atoms with van der Waals surface area (Å²) in [5.74, 6) is 1.38. The Morgan fingerprint density at radius 3 is 2.42 bits per heavy atom. The Hall–Kier alpha value is -2.49. The SMILES string of the molecule is CCCCCCOc1ccc(NC(=O)COc2ccc(C)cc2C)cc1. The highest BCUT2D eigenvalue weighted by Crippen LogP contribution is 2.19. The molecular weight excluding hydrogens is 326 g/mol. The number of amides is 1. The van der Waals surface area contributed by atoms with Crippen LogP contribution in [0.2, 0.25) is 0 Å². The minimum absolute atomic E-state index is 0.0143. The van der Waals surface area contributed by atoms with Crippen molar-refractivity contribution in [3.8, 4) is 11.5 Å². The average molecular weight is 355 g/mol. The second-order valence-corrected chi connectivity index (χ2v) is 6.54. The lowest BCUT2D eigenvalue weighted by molar-refractivity contribution is -0.118. The molecule has 2 aromatic rings. The van der Waals surface area contributed by atoms with Gasteiger partial charge in [0.05, 0.1) is 6.61 Å². The topological polar surface area (TPSA) is 47.6 Å². The molecule has 0 aliphatic heterocycles. The molecule has 0 saturated carbocycles. The van der Waals surface area contributed by atoms with E-state index in [4.69, 9.17) is 9.47 Å². The molecule has 2 rings (SSSR count). The Morgan fingerprint density at radius 1 is 0.962 bits per heavy atom. The summed E-state index contributed by atoms with van der Waals surface area (Å²) in [4.78, 5) is 12.1. The monoisotopic (exact) mass is 355 g/mol. The third kappa shape index (κ3) is 6.79. The first-order chi connectivity index (χ1) is 12.6. The fraction of sp³-hybridized carbons (Fsp3) is 0.409. The summed E-state index contributed by atoms with van der Waals surface area (Å²) in [6.07, 6.45) is 4.74. The zero-order valence-corrected chi connectivity index (χ0v) is 16.0. The molecule has 4 heteroatoms. The summed E-state index contributed by atoms with van der Waals surface area (Å²) in [7, 11) is 0. The summed E-state index contributed by atoms with van der Waals surface area (Å²) in [6, 6.07) is 13.3. The maximum atomic E-state index is 12.1. The van der Waals surface area contributed by atoms with Crippen LogP contribution in [0.5, 0.6) is 11.5 Å². The predicted molar refractivity (Wildman–Crippen MR) is 106 cm³/mol. The molecule has 0 aliphatic carbocycles. The first kappa shape index (κ1) is 19.8. The molecule has 0 heterocycles. The quantitative estimate of drug-likeness (QED) is 0.590. The maximum Gasteiger partial charge on any atom is 0.262 e. The highest BCUT2D eigenvalue weighted by Gasteiger charge is 2.06. The van der Waals surface area contributed by atoms with Crippen molar-refractivity contribution in [2.75, 3.05) is 18.5 Å². The molecular formula is C22H29NO3. The number of hydrogen-bond acceptors (Lipinski definition) is 3. The molecule has 4 nitrogen and oxygen atoms in total. The molecule has 0 spiro atoms. The molecule has 140 valence electrons. The number of carbonyl (C=O) groups excluding carboxylic acids is 1. The third-order valence-electron chi connectivity index (χ3n) is 4.09. The van der Waals surface area contributed by atoms with Crippen molar-refractivity contribution in [1.29, 1.82) is 0 Å². The number of anilines is 1. The molecule has 0 saturated heterocycles.